The molecule has 9 nitrogen and oxygen atoms in total. The van der Waals surface area contributed by atoms with Crippen LogP contribution in [0.2, 0.25) is 0 Å². The molecule has 0 atom stereocenters. The van der Waals surface area contributed by atoms with Crippen molar-refractivity contribution in [3.63, 3.8) is 0 Å². The summed E-state index contributed by atoms with van der Waals surface area (Å²) in [6.45, 7) is 15.2. The van der Waals surface area contributed by atoms with E-state index in [-0.39, 0.29) is 24.0 Å². The molecular weight excluding hydrogens is 401 g/mol. The van der Waals surface area contributed by atoms with Crippen molar-refractivity contribution in [1.29, 1.82) is 0 Å². The Bertz CT molecular complexity index is 717. The molecule has 0 bridgehead atoms. The lowest BCUT2D eigenvalue weighted by atomic mass is 9.79. The molecule has 2 radical (unpaired) electrons. The molecule has 2 N–H and O–H groups in total. The van der Waals surface area contributed by atoms with Crippen molar-refractivity contribution in [3.8, 4) is 0 Å². The SMILES string of the molecule is CC1(C)CC(Nc2nc(F)nc(NC3CC(C)(C)N([O])C(C)(C)C3)n2)CC(C)(C)N1[O]. The first kappa shape index (κ1) is 24.0. The zero-order chi connectivity index (χ0) is 23.4. The van der Waals surface area contributed by atoms with Gasteiger partial charge in [0.2, 0.25) is 11.9 Å². The highest BCUT2D eigenvalue weighted by Gasteiger charge is 2.47. The van der Waals surface area contributed by atoms with Crippen molar-refractivity contribution in [3.05, 3.63) is 6.08 Å². The Hall–Kier alpha value is -1.62. The van der Waals surface area contributed by atoms with Gasteiger partial charge in [-0.1, -0.05) is 0 Å². The van der Waals surface area contributed by atoms with Crippen LogP contribution in [0.4, 0.5) is 16.3 Å². The summed E-state index contributed by atoms with van der Waals surface area (Å²) in [6, 6.07) is -0.155. The molecule has 0 aliphatic carbocycles. The Kier molecular flexibility index (Phi) is 6.01. The van der Waals surface area contributed by atoms with E-state index in [0.29, 0.717) is 25.7 Å². The first-order valence-corrected chi connectivity index (χ1v) is 10.9. The van der Waals surface area contributed by atoms with Gasteiger partial charge in [-0.3, -0.25) is 0 Å². The van der Waals surface area contributed by atoms with Crippen LogP contribution < -0.4 is 10.6 Å². The molecule has 3 heterocycles. The van der Waals surface area contributed by atoms with Crippen molar-refractivity contribution in [2.24, 2.45) is 0 Å². The summed E-state index contributed by atoms with van der Waals surface area (Å²) in [5.41, 5.74) is -2.24. The van der Waals surface area contributed by atoms with Crippen LogP contribution >= 0.6 is 0 Å². The van der Waals surface area contributed by atoms with Crippen LogP contribution in [0.1, 0.15) is 81.1 Å². The fraction of sp³-hybridized carbons (Fsp3) is 0.857. The van der Waals surface area contributed by atoms with Crippen LogP contribution in [-0.4, -0.2) is 59.3 Å². The molecule has 0 amide bonds. The topological polar surface area (TPSA) is 109 Å². The summed E-state index contributed by atoms with van der Waals surface area (Å²) in [5.74, 6) is 0.288. The summed E-state index contributed by atoms with van der Waals surface area (Å²) < 4.78 is 14.2. The number of nitrogens with zero attached hydrogens (tertiary/aromatic N) is 5. The normalized spacial score (nSPS) is 26.5. The van der Waals surface area contributed by atoms with E-state index in [9.17, 15) is 14.8 Å². The first-order valence-electron chi connectivity index (χ1n) is 10.9. The standard InChI is InChI=1S/C21H36FN7O2/c1-18(2)9-13(10-19(3,4)28(18)30)23-16-25-15(22)26-17(27-16)24-14-11-20(5,6)29(31)21(7,8)12-14/h13-14H,9-12H2,1-8H3,(H2,23,24,25,26,27). The Morgan fingerprint density at radius 3 is 1.26 bits per heavy atom. The Balaban J connectivity index is 1.75. The molecule has 2 aliphatic heterocycles. The van der Waals surface area contributed by atoms with Crippen LogP contribution in [0.15, 0.2) is 0 Å². The van der Waals surface area contributed by atoms with Gasteiger partial charge >= 0.3 is 6.08 Å². The second kappa shape index (κ2) is 7.75. The van der Waals surface area contributed by atoms with E-state index in [4.69, 9.17) is 0 Å². The van der Waals surface area contributed by atoms with Crippen molar-refractivity contribution in [2.45, 2.75) is 115 Å². The lowest BCUT2D eigenvalue weighted by Crippen LogP contribution is -2.60. The van der Waals surface area contributed by atoms with Gasteiger partial charge < -0.3 is 10.6 Å². The van der Waals surface area contributed by atoms with Crippen molar-refractivity contribution in [1.82, 2.24) is 25.1 Å². The molecular formula is C21H36FN7O2. The highest BCUT2D eigenvalue weighted by Crippen LogP contribution is 2.39. The third-order valence-electron chi connectivity index (χ3n) is 6.46. The van der Waals surface area contributed by atoms with Crippen molar-refractivity contribution < 1.29 is 14.8 Å². The van der Waals surface area contributed by atoms with E-state index in [1.807, 2.05) is 55.4 Å². The van der Waals surface area contributed by atoms with E-state index >= 15 is 0 Å². The minimum absolute atomic E-state index is 0.0774. The number of hydroxylamine groups is 4. The Morgan fingerprint density at radius 1 is 0.677 bits per heavy atom. The molecule has 2 saturated heterocycles. The van der Waals surface area contributed by atoms with Gasteiger partial charge in [-0.25, -0.2) is 0 Å². The summed E-state index contributed by atoms with van der Waals surface area (Å²) >= 11 is 0. The number of aromatic nitrogens is 3. The zero-order valence-corrected chi connectivity index (χ0v) is 19.9. The summed E-state index contributed by atoms with van der Waals surface area (Å²) in [5, 5.41) is 33.8. The van der Waals surface area contributed by atoms with Gasteiger partial charge in [0.05, 0.1) is 0 Å². The fourth-order valence-corrected chi connectivity index (χ4v) is 5.58. The van der Waals surface area contributed by atoms with E-state index in [1.54, 1.807) is 0 Å². The maximum Gasteiger partial charge on any atom is 0.315 e. The van der Waals surface area contributed by atoms with E-state index in [0.717, 1.165) is 10.1 Å². The fourth-order valence-electron chi connectivity index (χ4n) is 5.58. The molecule has 1 aromatic rings. The molecule has 3 rings (SSSR count). The largest absolute Gasteiger partial charge is 0.351 e. The molecule has 0 spiro atoms. The smallest absolute Gasteiger partial charge is 0.315 e. The van der Waals surface area contributed by atoms with Crippen LogP contribution in [-0.2, 0) is 10.4 Å². The van der Waals surface area contributed by atoms with Crippen molar-refractivity contribution >= 4 is 11.9 Å². The molecule has 31 heavy (non-hydrogen) atoms. The monoisotopic (exact) mass is 437 g/mol. The van der Waals surface area contributed by atoms with Gasteiger partial charge in [0.25, 0.3) is 0 Å². The van der Waals surface area contributed by atoms with Crippen LogP contribution in [0.5, 0.6) is 0 Å². The number of hydrogen-bond donors (Lipinski definition) is 2. The maximum atomic E-state index is 14.2. The minimum atomic E-state index is -0.875. The van der Waals surface area contributed by atoms with E-state index in [2.05, 4.69) is 25.6 Å². The van der Waals surface area contributed by atoms with Gasteiger partial charge in [0, 0.05) is 34.2 Å². The van der Waals surface area contributed by atoms with Gasteiger partial charge in [0.15, 0.2) is 0 Å². The zero-order valence-electron chi connectivity index (χ0n) is 19.9. The lowest BCUT2D eigenvalue weighted by Gasteiger charge is -2.50. The second-order valence-corrected chi connectivity index (χ2v) is 11.6. The first-order chi connectivity index (χ1) is 14.0. The van der Waals surface area contributed by atoms with Crippen LogP contribution in [0, 0.1) is 6.08 Å². The number of hydrogen-bond acceptors (Lipinski definition) is 7. The maximum absolute atomic E-state index is 14.2. The molecule has 2 aliphatic rings. The quantitative estimate of drug-likeness (QED) is 0.741. The second-order valence-electron chi connectivity index (χ2n) is 11.6. The molecule has 0 saturated carbocycles. The molecule has 0 unspecified atom stereocenters. The lowest BCUT2D eigenvalue weighted by molar-refractivity contribution is -0.288. The highest BCUT2D eigenvalue weighted by atomic mass is 19.1. The van der Waals surface area contributed by atoms with Gasteiger partial charge in [0.1, 0.15) is 0 Å². The molecule has 174 valence electrons. The van der Waals surface area contributed by atoms with E-state index < -0.39 is 28.2 Å². The number of anilines is 2. The number of halogens is 1. The molecule has 1 aromatic heterocycles. The predicted octanol–water partition coefficient (Wildman–Crippen LogP) is 3.57. The van der Waals surface area contributed by atoms with E-state index in [1.165, 1.54) is 0 Å². The van der Waals surface area contributed by atoms with Crippen LogP contribution in [0.3, 0.4) is 0 Å². The summed E-state index contributed by atoms with van der Waals surface area (Å²) in [4.78, 5) is 12.0. The van der Waals surface area contributed by atoms with Gasteiger partial charge in [-0.15, -0.1) is 20.5 Å². The molecule has 2 fully saturated rings. The Labute approximate surface area is 184 Å². The molecule has 10 heteroatoms. The van der Waals surface area contributed by atoms with Crippen molar-refractivity contribution in [2.75, 3.05) is 10.6 Å². The van der Waals surface area contributed by atoms with Gasteiger partial charge in [-0.05, 0) is 81.1 Å². The number of piperidine rings is 2. The molecule has 0 aromatic carbocycles. The number of nitrogens with one attached hydrogen (secondary N) is 2. The van der Waals surface area contributed by atoms with Crippen LogP contribution in [0.25, 0.3) is 0 Å². The third-order valence-corrected chi connectivity index (χ3v) is 6.46. The van der Waals surface area contributed by atoms with Gasteiger partial charge in [-0.2, -0.15) is 19.3 Å². The summed E-state index contributed by atoms with van der Waals surface area (Å²) in [6.07, 6.45) is 1.46. The Morgan fingerprint density at radius 2 is 0.968 bits per heavy atom. The third kappa shape index (κ3) is 5.08. The summed E-state index contributed by atoms with van der Waals surface area (Å²) in [7, 11) is 0. The average Bonchev–Trinajstić information content (AvgIpc) is 2.56. The minimum Gasteiger partial charge on any atom is -0.351 e. The number of rotatable bonds is 4. The average molecular weight is 438 g/mol. The highest BCUT2D eigenvalue weighted by molar-refractivity contribution is 5.35. The predicted molar refractivity (Wildman–Crippen MR) is 114 cm³/mol.